The van der Waals surface area contributed by atoms with Crippen molar-refractivity contribution in [3.63, 3.8) is 0 Å². The van der Waals surface area contributed by atoms with Crippen LogP contribution in [0, 0.1) is 11.7 Å². The van der Waals surface area contributed by atoms with Crippen LogP contribution < -0.4 is 11.1 Å². The van der Waals surface area contributed by atoms with Gasteiger partial charge in [-0.2, -0.15) is 0 Å². The summed E-state index contributed by atoms with van der Waals surface area (Å²) in [7, 11) is 0. The normalized spacial score (nSPS) is 18.1. The molecule has 1 amide bonds. The third kappa shape index (κ3) is 4.18. The Kier molecular flexibility index (Phi) is 7.26. The molecule has 1 aromatic rings. The quantitative estimate of drug-likeness (QED) is 0.868. The molecule has 1 aliphatic heterocycles. The van der Waals surface area contributed by atoms with E-state index in [2.05, 4.69) is 5.32 Å². The highest BCUT2D eigenvalue weighted by Crippen LogP contribution is 2.35. The largest absolute Gasteiger partial charge is 0.381 e. The second-order valence-electron chi connectivity index (χ2n) is 5.76. The van der Waals surface area contributed by atoms with Gasteiger partial charge in [-0.05, 0) is 43.0 Å². The van der Waals surface area contributed by atoms with E-state index in [1.807, 2.05) is 13.0 Å². The van der Waals surface area contributed by atoms with Crippen LogP contribution >= 0.6 is 12.4 Å². The Morgan fingerprint density at radius 2 is 2.14 bits per heavy atom. The zero-order valence-corrected chi connectivity index (χ0v) is 13.6. The van der Waals surface area contributed by atoms with Crippen LogP contribution in [0.4, 0.5) is 4.39 Å². The lowest BCUT2D eigenvalue weighted by atomic mass is 9.73. The maximum Gasteiger partial charge on any atom is 0.230 e. The van der Waals surface area contributed by atoms with E-state index in [0.29, 0.717) is 39.1 Å². The van der Waals surface area contributed by atoms with Crippen LogP contribution in [0.3, 0.4) is 0 Å². The van der Waals surface area contributed by atoms with Crippen molar-refractivity contribution in [2.24, 2.45) is 11.7 Å². The Balaban J connectivity index is 0.00000242. The summed E-state index contributed by atoms with van der Waals surface area (Å²) < 4.78 is 18.9. The number of rotatable bonds is 5. The van der Waals surface area contributed by atoms with Gasteiger partial charge in [-0.3, -0.25) is 4.79 Å². The molecule has 0 aromatic heterocycles. The molecule has 1 unspecified atom stereocenters. The zero-order chi connectivity index (χ0) is 15.3. The van der Waals surface area contributed by atoms with Gasteiger partial charge in [-0.1, -0.05) is 19.1 Å². The number of nitrogens with two attached hydrogens (primary N) is 1. The predicted octanol–water partition coefficient (Wildman–Crippen LogP) is 2.01. The number of carbonyl (C=O) groups is 1. The van der Waals surface area contributed by atoms with E-state index in [9.17, 15) is 9.18 Å². The van der Waals surface area contributed by atoms with Crippen LogP contribution in [-0.4, -0.2) is 32.2 Å². The summed E-state index contributed by atoms with van der Waals surface area (Å²) in [6.45, 7) is 4.06. The molecule has 1 aromatic carbocycles. The van der Waals surface area contributed by atoms with Crippen molar-refractivity contribution in [3.05, 3.63) is 35.6 Å². The topological polar surface area (TPSA) is 64.3 Å². The fourth-order valence-electron chi connectivity index (χ4n) is 2.67. The molecule has 1 atom stereocenters. The van der Waals surface area contributed by atoms with Gasteiger partial charge in [0.15, 0.2) is 0 Å². The van der Waals surface area contributed by atoms with Crippen molar-refractivity contribution < 1.29 is 13.9 Å². The van der Waals surface area contributed by atoms with Crippen LogP contribution in [0.5, 0.6) is 0 Å². The van der Waals surface area contributed by atoms with E-state index in [4.69, 9.17) is 10.5 Å². The highest BCUT2D eigenvalue weighted by Gasteiger charge is 2.41. The van der Waals surface area contributed by atoms with E-state index < -0.39 is 5.41 Å². The molecule has 1 saturated heterocycles. The molecular weight excluding hydrogens is 307 g/mol. The number of hydrogen-bond acceptors (Lipinski definition) is 3. The molecule has 0 radical (unpaired) electrons. The summed E-state index contributed by atoms with van der Waals surface area (Å²) in [5, 5.41) is 2.96. The molecule has 124 valence electrons. The maximum absolute atomic E-state index is 13.5. The number of nitrogens with one attached hydrogen (secondary N) is 1. The summed E-state index contributed by atoms with van der Waals surface area (Å²) >= 11 is 0. The Morgan fingerprint density at radius 3 is 2.73 bits per heavy atom. The Hall–Kier alpha value is -1.17. The van der Waals surface area contributed by atoms with Gasteiger partial charge in [0.25, 0.3) is 0 Å². The summed E-state index contributed by atoms with van der Waals surface area (Å²) in [5.41, 5.74) is 5.61. The fraction of sp³-hybridized carbons (Fsp3) is 0.562. The van der Waals surface area contributed by atoms with Crippen molar-refractivity contribution in [1.29, 1.82) is 0 Å². The third-order valence-electron chi connectivity index (χ3n) is 4.17. The number of halogens is 2. The summed E-state index contributed by atoms with van der Waals surface area (Å²) in [5.74, 6) is -0.156. The minimum Gasteiger partial charge on any atom is -0.381 e. The summed E-state index contributed by atoms with van der Waals surface area (Å²) in [6, 6.07) is 6.32. The first kappa shape index (κ1) is 18.9. The molecule has 0 spiro atoms. The summed E-state index contributed by atoms with van der Waals surface area (Å²) in [6.07, 6.45) is 1.14. The number of ether oxygens (including phenoxy) is 1. The molecule has 3 N–H and O–H groups in total. The second kappa shape index (κ2) is 8.46. The highest BCUT2D eigenvalue weighted by molar-refractivity contribution is 5.88. The van der Waals surface area contributed by atoms with E-state index in [1.165, 1.54) is 12.1 Å². The van der Waals surface area contributed by atoms with Crippen molar-refractivity contribution in [2.75, 3.05) is 26.3 Å². The molecule has 1 heterocycles. The lowest BCUT2D eigenvalue weighted by Gasteiger charge is -2.36. The third-order valence-corrected chi connectivity index (χ3v) is 4.17. The molecule has 1 fully saturated rings. The van der Waals surface area contributed by atoms with Gasteiger partial charge in [0.1, 0.15) is 5.82 Å². The fourth-order valence-corrected chi connectivity index (χ4v) is 2.67. The standard InChI is InChI=1S/C16H23FN2O2.ClH/c1-12(10-18)11-19-15(20)16(5-7-21-8-6-16)13-3-2-4-14(17)9-13;/h2-4,9,12H,5-8,10-11,18H2,1H3,(H,19,20);1H. The first-order valence-electron chi connectivity index (χ1n) is 7.40. The number of benzene rings is 1. The predicted molar refractivity (Wildman–Crippen MR) is 86.6 cm³/mol. The number of hydrogen-bond donors (Lipinski definition) is 2. The van der Waals surface area contributed by atoms with Gasteiger partial charge in [0.2, 0.25) is 5.91 Å². The monoisotopic (exact) mass is 330 g/mol. The van der Waals surface area contributed by atoms with Crippen LogP contribution in [0.1, 0.15) is 25.3 Å². The van der Waals surface area contributed by atoms with Gasteiger partial charge in [0, 0.05) is 19.8 Å². The Bertz CT molecular complexity index is 493. The van der Waals surface area contributed by atoms with Crippen LogP contribution in [0.2, 0.25) is 0 Å². The SMILES string of the molecule is CC(CN)CNC(=O)C1(c2cccc(F)c2)CCOCC1.Cl. The lowest BCUT2D eigenvalue weighted by molar-refractivity contribution is -0.130. The first-order valence-corrected chi connectivity index (χ1v) is 7.40. The maximum atomic E-state index is 13.5. The minimum atomic E-state index is -0.700. The van der Waals surface area contributed by atoms with Crippen molar-refractivity contribution in [1.82, 2.24) is 5.32 Å². The Labute approximate surface area is 137 Å². The van der Waals surface area contributed by atoms with Crippen LogP contribution in [0.25, 0.3) is 0 Å². The molecule has 0 bridgehead atoms. The zero-order valence-electron chi connectivity index (χ0n) is 12.8. The molecular formula is C16H24ClFN2O2. The van der Waals surface area contributed by atoms with Crippen molar-refractivity contribution in [3.8, 4) is 0 Å². The smallest absolute Gasteiger partial charge is 0.230 e. The molecule has 22 heavy (non-hydrogen) atoms. The van der Waals surface area contributed by atoms with E-state index >= 15 is 0 Å². The van der Waals surface area contributed by atoms with Crippen LogP contribution in [-0.2, 0) is 14.9 Å². The molecule has 6 heteroatoms. The van der Waals surface area contributed by atoms with E-state index in [-0.39, 0.29) is 30.0 Å². The van der Waals surface area contributed by atoms with Gasteiger partial charge in [-0.25, -0.2) is 4.39 Å². The van der Waals surface area contributed by atoms with Crippen molar-refractivity contribution >= 4 is 18.3 Å². The van der Waals surface area contributed by atoms with Gasteiger partial charge >= 0.3 is 0 Å². The molecule has 2 rings (SSSR count). The molecule has 4 nitrogen and oxygen atoms in total. The molecule has 0 aliphatic carbocycles. The number of amides is 1. The average Bonchev–Trinajstić information content (AvgIpc) is 2.52. The molecule has 1 aliphatic rings. The van der Waals surface area contributed by atoms with Gasteiger partial charge < -0.3 is 15.8 Å². The van der Waals surface area contributed by atoms with Gasteiger partial charge in [-0.15, -0.1) is 12.4 Å². The average molecular weight is 331 g/mol. The molecule has 0 saturated carbocycles. The Morgan fingerprint density at radius 1 is 1.45 bits per heavy atom. The van der Waals surface area contributed by atoms with Crippen molar-refractivity contribution in [2.45, 2.75) is 25.2 Å². The second-order valence-corrected chi connectivity index (χ2v) is 5.76. The minimum absolute atomic E-state index is 0. The highest BCUT2D eigenvalue weighted by atomic mass is 35.5. The van der Waals surface area contributed by atoms with Gasteiger partial charge in [0.05, 0.1) is 5.41 Å². The van der Waals surface area contributed by atoms with E-state index in [0.717, 1.165) is 5.56 Å². The first-order chi connectivity index (χ1) is 10.1. The van der Waals surface area contributed by atoms with E-state index in [1.54, 1.807) is 6.07 Å². The summed E-state index contributed by atoms with van der Waals surface area (Å²) in [4.78, 5) is 12.7. The van der Waals surface area contributed by atoms with Crippen LogP contribution in [0.15, 0.2) is 24.3 Å². The lowest BCUT2D eigenvalue weighted by Crippen LogP contribution is -2.49. The number of carbonyl (C=O) groups excluding carboxylic acids is 1.